The smallest absolute Gasteiger partial charge is 0.416 e. The lowest BCUT2D eigenvalue weighted by atomic mass is 9.91. The molecule has 0 N–H and O–H groups in total. The molecule has 9 heteroatoms. The van der Waals surface area contributed by atoms with Crippen molar-refractivity contribution in [3.8, 4) is 11.8 Å². The van der Waals surface area contributed by atoms with Crippen LogP contribution in [0.25, 0.3) is 11.0 Å². The Morgan fingerprint density at radius 3 is 2.58 bits per heavy atom. The quantitative estimate of drug-likeness (QED) is 0.578. The molecule has 33 heavy (non-hydrogen) atoms. The topological polar surface area (TPSA) is 71.2 Å². The van der Waals surface area contributed by atoms with Crippen LogP contribution >= 0.6 is 0 Å². The Kier molecular flexibility index (Phi) is 6.02. The molecule has 1 unspecified atom stereocenters. The van der Waals surface area contributed by atoms with Gasteiger partial charge in [0.25, 0.3) is 5.56 Å². The Morgan fingerprint density at radius 1 is 1.21 bits per heavy atom. The zero-order valence-corrected chi connectivity index (χ0v) is 18.3. The lowest BCUT2D eigenvalue weighted by Crippen LogP contribution is -2.46. The van der Waals surface area contributed by atoms with E-state index in [0.29, 0.717) is 42.0 Å². The molecule has 1 aromatic carbocycles. The molecular weight excluding hydrogens is 433 g/mol. The number of anilines is 1. The molecule has 1 aliphatic heterocycles. The second-order valence-corrected chi connectivity index (χ2v) is 8.18. The van der Waals surface area contributed by atoms with Gasteiger partial charge < -0.3 is 14.2 Å². The first-order chi connectivity index (χ1) is 15.7. The monoisotopic (exact) mass is 456 g/mol. The maximum atomic E-state index is 12.8. The van der Waals surface area contributed by atoms with E-state index in [4.69, 9.17) is 4.74 Å². The molecule has 1 fully saturated rings. The van der Waals surface area contributed by atoms with Crippen molar-refractivity contribution in [2.75, 3.05) is 18.0 Å². The van der Waals surface area contributed by atoms with Crippen molar-refractivity contribution in [3.63, 3.8) is 0 Å². The molecule has 6 nitrogen and oxygen atoms in total. The van der Waals surface area contributed by atoms with E-state index in [-0.39, 0.29) is 23.3 Å². The number of hydrogen-bond donors (Lipinski definition) is 0. The molecule has 1 aliphatic rings. The van der Waals surface area contributed by atoms with Crippen LogP contribution in [0.15, 0.2) is 47.3 Å². The fourth-order valence-electron chi connectivity index (χ4n) is 4.29. The molecule has 2 atom stereocenters. The van der Waals surface area contributed by atoms with Gasteiger partial charge >= 0.3 is 6.18 Å². The SMILES string of the molecule is CCC1CN(c2cc(=O)n(C)c3ccc(C#N)nc23)CC[C@@H]1Oc1ccc(C(F)(F)F)cc1. The third-order valence-corrected chi connectivity index (χ3v) is 6.18. The Bertz CT molecular complexity index is 1260. The van der Waals surface area contributed by atoms with E-state index in [9.17, 15) is 23.2 Å². The number of fused-ring (bicyclic) bond motifs is 1. The maximum Gasteiger partial charge on any atom is 0.416 e. The Morgan fingerprint density at radius 2 is 1.94 bits per heavy atom. The van der Waals surface area contributed by atoms with Crippen LogP contribution in [-0.2, 0) is 13.2 Å². The van der Waals surface area contributed by atoms with E-state index in [1.54, 1.807) is 25.2 Å². The average Bonchev–Trinajstić information content (AvgIpc) is 2.81. The number of aryl methyl sites for hydroxylation is 1. The summed E-state index contributed by atoms with van der Waals surface area (Å²) in [5, 5.41) is 9.27. The van der Waals surface area contributed by atoms with Gasteiger partial charge in [0.2, 0.25) is 0 Å². The van der Waals surface area contributed by atoms with Crippen molar-refractivity contribution in [2.24, 2.45) is 13.0 Å². The number of halogens is 3. The number of alkyl halides is 3. The number of rotatable bonds is 4. The van der Waals surface area contributed by atoms with Crippen LogP contribution in [0.3, 0.4) is 0 Å². The average molecular weight is 456 g/mol. The van der Waals surface area contributed by atoms with Crippen molar-refractivity contribution in [2.45, 2.75) is 32.0 Å². The lowest BCUT2D eigenvalue weighted by Gasteiger charge is -2.39. The zero-order chi connectivity index (χ0) is 23.8. The highest BCUT2D eigenvalue weighted by atomic mass is 19.4. The molecule has 1 saturated heterocycles. The van der Waals surface area contributed by atoms with E-state index < -0.39 is 11.7 Å². The summed E-state index contributed by atoms with van der Waals surface area (Å²) in [4.78, 5) is 19.1. The third-order valence-electron chi connectivity index (χ3n) is 6.18. The van der Waals surface area contributed by atoms with Gasteiger partial charge in [0.15, 0.2) is 0 Å². The molecule has 3 heterocycles. The molecule has 0 saturated carbocycles. The normalized spacial score (nSPS) is 18.8. The minimum absolute atomic E-state index is 0.0966. The number of hydrogen-bond acceptors (Lipinski definition) is 5. The van der Waals surface area contributed by atoms with E-state index in [2.05, 4.69) is 9.88 Å². The van der Waals surface area contributed by atoms with Crippen LogP contribution in [0.4, 0.5) is 18.9 Å². The summed E-state index contributed by atoms with van der Waals surface area (Å²) in [7, 11) is 1.67. The summed E-state index contributed by atoms with van der Waals surface area (Å²) >= 11 is 0. The van der Waals surface area contributed by atoms with Crippen molar-refractivity contribution < 1.29 is 17.9 Å². The van der Waals surface area contributed by atoms with Gasteiger partial charge in [0.05, 0.1) is 16.8 Å². The molecule has 2 aromatic heterocycles. The second kappa shape index (κ2) is 8.77. The number of aromatic nitrogens is 2. The zero-order valence-electron chi connectivity index (χ0n) is 18.3. The van der Waals surface area contributed by atoms with Crippen LogP contribution in [0.1, 0.15) is 31.0 Å². The summed E-state index contributed by atoms with van der Waals surface area (Å²) in [5.41, 5.74) is 1.31. The highest BCUT2D eigenvalue weighted by Crippen LogP contribution is 2.33. The van der Waals surface area contributed by atoms with Gasteiger partial charge in [-0.3, -0.25) is 4.79 Å². The molecule has 0 aliphatic carbocycles. The molecule has 0 amide bonds. The predicted molar refractivity (Wildman–Crippen MR) is 118 cm³/mol. The first-order valence-electron chi connectivity index (χ1n) is 10.7. The van der Waals surface area contributed by atoms with Gasteiger partial charge in [-0.15, -0.1) is 0 Å². The first kappa shape index (κ1) is 22.6. The molecule has 3 aromatic rings. The number of benzene rings is 1. The standard InChI is InChI=1S/C24H23F3N4O2/c1-3-15-14-31(11-10-21(15)33-18-7-4-16(5-8-18)24(25,26)27)20-12-22(32)30(2)19-9-6-17(13-28)29-23(19)20/h4-9,12,15,21H,3,10-11,14H2,1-2H3/t15?,21-/m0/s1. The van der Waals surface area contributed by atoms with E-state index in [1.807, 2.05) is 13.0 Å². The van der Waals surface area contributed by atoms with Crippen LogP contribution < -0.4 is 15.2 Å². The number of piperidine rings is 1. The molecular formula is C24H23F3N4O2. The molecule has 0 radical (unpaired) electrons. The van der Waals surface area contributed by atoms with Crippen LogP contribution in [0.5, 0.6) is 5.75 Å². The minimum Gasteiger partial charge on any atom is -0.490 e. The maximum absolute atomic E-state index is 12.8. The highest BCUT2D eigenvalue weighted by molar-refractivity contribution is 5.88. The minimum atomic E-state index is -4.38. The number of pyridine rings is 2. The number of nitrogens with zero attached hydrogens (tertiary/aromatic N) is 4. The third kappa shape index (κ3) is 4.51. The molecule has 4 rings (SSSR count). The fraction of sp³-hybridized carbons (Fsp3) is 0.375. The predicted octanol–water partition coefficient (Wildman–Crippen LogP) is 4.51. The van der Waals surface area contributed by atoms with Gasteiger partial charge in [-0.25, -0.2) is 4.98 Å². The first-order valence-corrected chi connectivity index (χ1v) is 10.7. The summed E-state index contributed by atoms with van der Waals surface area (Å²) in [6.07, 6.45) is -3.12. The Hall–Kier alpha value is -3.54. The van der Waals surface area contributed by atoms with Gasteiger partial charge in [0, 0.05) is 38.5 Å². The summed E-state index contributed by atoms with van der Waals surface area (Å²) < 4.78 is 46.0. The van der Waals surface area contributed by atoms with Gasteiger partial charge in [-0.05, 0) is 42.8 Å². The summed E-state index contributed by atoms with van der Waals surface area (Å²) in [5.74, 6) is 0.499. The Labute approximate surface area is 188 Å². The van der Waals surface area contributed by atoms with Crippen molar-refractivity contribution in [3.05, 3.63) is 64.1 Å². The molecule has 0 bridgehead atoms. The second-order valence-electron chi connectivity index (χ2n) is 8.18. The number of nitriles is 1. The van der Waals surface area contributed by atoms with Gasteiger partial charge in [-0.2, -0.15) is 18.4 Å². The van der Waals surface area contributed by atoms with E-state index >= 15 is 0 Å². The fourth-order valence-corrected chi connectivity index (χ4v) is 4.29. The van der Waals surface area contributed by atoms with Crippen molar-refractivity contribution >= 4 is 16.7 Å². The van der Waals surface area contributed by atoms with Crippen LogP contribution in [0.2, 0.25) is 0 Å². The lowest BCUT2D eigenvalue weighted by molar-refractivity contribution is -0.137. The summed E-state index contributed by atoms with van der Waals surface area (Å²) in [6.45, 7) is 3.22. The van der Waals surface area contributed by atoms with Gasteiger partial charge in [-0.1, -0.05) is 6.92 Å². The van der Waals surface area contributed by atoms with Crippen LogP contribution in [0, 0.1) is 17.2 Å². The number of ether oxygens (including phenoxy) is 1. The van der Waals surface area contributed by atoms with Crippen LogP contribution in [-0.4, -0.2) is 28.7 Å². The van der Waals surface area contributed by atoms with E-state index in [0.717, 1.165) is 18.6 Å². The Balaban J connectivity index is 1.58. The van der Waals surface area contributed by atoms with Gasteiger partial charge in [0.1, 0.15) is 29.1 Å². The highest BCUT2D eigenvalue weighted by Gasteiger charge is 2.32. The largest absolute Gasteiger partial charge is 0.490 e. The van der Waals surface area contributed by atoms with Crippen molar-refractivity contribution in [1.82, 2.24) is 9.55 Å². The van der Waals surface area contributed by atoms with E-state index in [1.165, 1.54) is 16.7 Å². The molecule has 172 valence electrons. The van der Waals surface area contributed by atoms with Crippen molar-refractivity contribution in [1.29, 1.82) is 5.26 Å². The summed E-state index contributed by atoms with van der Waals surface area (Å²) in [6, 6.07) is 11.6. The molecule has 0 spiro atoms.